The van der Waals surface area contributed by atoms with E-state index in [1.807, 2.05) is 0 Å². The number of carboxylic acids is 1. The summed E-state index contributed by atoms with van der Waals surface area (Å²) in [5.41, 5.74) is 5.65. The van der Waals surface area contributed by atoms with Crippen LogP contribution in [0.1, 0.15) is 110 Å². The zero-order chi connectivity index (χ0) is 30.8. The van der Waals surface area contributed by atoms with Gasteiger partial charge in [-0.05, 0) is 37.8 Å². The van der Waals surface area contributed by atoms with Crippen molar-refractivity contribution >= 4 is 38.8 Å². The number of carbonyl (C=O) groups excluding carboxylic acids is 2. The van der Waals surface area contributed by atoms with Crippen molar-refractivity contribution in [3.8, 4) is 0 Å². The minimum atomic E-state index is -4.23. The number of benzene rings is 1. The molecule has 0 unspecified atom stereocenters. The van der Waals surface area contributed by atoms with Gasteiger partial charge in [0, 0.05) is 18.0 Å². The van der Waals surface area contributed by atoms with E-state index < -0.39 is 40.0 Å². The lowest BCUT2D eigenvalue weighted by Gasteiger charge is -2.22. The Morgan fingerprint density at radius 2 is 1.52 bits per heavy atom. The summed E-state index contributed by atoms with van der Waals surface area (Å²) in [5.74, 6) is -2.56. The smallest absolute Gasteiger partial charge is 0.324 e. The van der Waals surface area contributed by atoms with Crippen molar-refractivity contribution in [1.29, 1.82) is 0 Å². The molecule has 1 aromatic carbocycles. The van der Waals surface area contributed by atoms with Gasteiger partial charge in [0.1, 0.15) is 17.0 Å². The molecule has 2 aromatic rings. The van der Waals surface area contributed by atoms with E-state index in [0.29, 0.717) is 11.8 Å². The zero-order valence-corrected chi connectivity index (χ0v) is 25.6. The highest BCUT2D eigenvalue weighted by molar-refractivity contribution is 7.89. The third-order valence-corrected chi connectivity index (χ3v) is 8.70. The largest absolute Gasteiger partial charge is 0.481 e. The highest BCUT2D eigenvalue weighted by Gasteiger charge is 2.30. The number of carbonyl (C=O) groups is 3. The van der Waals surface area contributed by atoms with Gasteiger partial charge in [0.15, 0.2) is 0 Å². The van der Waals surface area contributed by atoms with Crippen LogP contribution in [-0.4, -0.2) is 48.5 Å². The number of nitrogens with zero attached hydrogens (tertiary/aromatic N) is 1. The fraction of sp³-hybridized carbons (Fsp3) is 0.613. The lowest BCUT2D eigenvalue weighted by atomic mass is 10.0. The summed E-state index contributed by atoms with van der Waals surface area (Å²) in [4.78, 5) is 40.1. The van der Waals surface area contributed by atoms with E-state index in [9.17, 15) is 22.8 Å². The van der Waals surface area contributed by atoms with E-state index in [1.54, 1.807) is 24.3 Å². The summed E-state index contributed by atoms with van der Waals surface area (Å²) < 4.78 is 34.7. The van der Waals surface area contributed by atoms with E-state index in [-0.39, 0.29) is 36.1 Å². The first-order valence-corrected chi connectivity index (χ1v) is 16.7. The highest BCUT2D eigenvalue weighted by Crippen LogP contribution is 2.22. The molecule has 0 saturated heterocycles. The molecular weight excluding hydrogens is 558 g/mol. The van der Waals surface area contributed by atoms with Crippen LogP contribution in [0.2, 0.25) is 0 Å². The molecule has 0 saturated carbocycles. The Bertz CT molecular complexity index is 1230. The number of carboxylic acid groups (broad SMARTS) is 1. The average molecular weight is 606 g/mol. The number of aliphatic carboxylic acids is 1. The molecule has 2 rings (SSSR count). The number of primary amides is 1. The Kier molecular flexibility index (Phi) is 16.1. The van der Waals surface area contributed by atoms with Crippen molar-refractivity contribution in [3.05, 3.63) is 36.5 Å². The van der Waals surface area contributed by atoms with Gasteiger partial charge >= 0.3 is 11.9 Å². The highest BCUT2D eigenvalue weighted by atomic mass is 32.2. The summed E-state index contributed by atoms with van der Waals surface area (Å²) in [6, 6.07) is 6.76. The minimum absolute atomic E-state index is 0.0461. The Hall–Kier alpha value is -3.05. The van der Waals surface area contributed by atoms with Gasteiger partial charge in [-0.15, -0.1) is 0 Å². The monoisotopic (exact) mass is 605 g/mol. The topological polar surface area (TPSA) is 166 Å². The standard InChI is InChI=1S/C31H47N3O7S/c1-2-3-4-5-6-7-8-9-10-11-12-18-25(23-28(32)35)41-31(38)26(19-14-21-29(36)37)34-42(39,40)27-20-13-16-24-17-15-22-33-30(24)27/h13,15-17,20,22,25-26,34H,2-12,14,18-19,21,23H2,1H3,(H2,32,35)(H,36,37)/t25-,26-/m0/s1. The van der Waals surface area contributed by atoms with Gasteiger partial charge in [-0.2, -0.15) is 4.72 Å². The molecule has 0 aliphatic rings. The second kappa shape index (κ2) is 19.2. The maximum Gasteiger partial charge on any atom is 0.324 e. The number of hydrogen-bond donors (Lipinski definition) is 3. The van der Waals surface area contributed by atoms with E-state index in [0.717, 1.165) is 25.7 Å². The van der Waals surface area contributed by atoms with Gasteiger partial charge in [0.05, 0.1) is 11.9 Å². The first kappa shape index (κ1) is 35.1. The van der Waals surface area contributed by atoms with Gasteiger partial charge in [-0.25, -0.2) is 8.42 Å². The van der Waals surface area contributed by atoms with Gasteiger partial charge in [-0.3, -0.25) is 19.4 Å². The molecular formula is C31H47N3O7S. The summed E-state index contributed by atoms with van der Waals surface area (Å²) >= 11 is 0. The van der Waals surface area contributed by atoms with E-state index >= 15 is 0 Å². The van der Waals surface area contributed by atoms with Crippen LogP contribution in [-0.2, 0) is 29.1 Å². The van der Waals surface area contributed by atoms with Crippen molar-refractivity contribution in [1.82, 2.24) is 9.71 Å². The van der Waals surface area contributed by atoms with Crippen LogP contribution in [0.5, 0.6) is 0 Å². The molecule has 1 heterocycles. The fourth-order valence-electron chi connectivity index (χ4n) is 4.94. The number of amides is 1. The van der Waals surface area contributed by atoms with Crippen molar-refractivity contribution in [2.24, 2.45) is 5.73 Å². The second-order valence-electron chi connectivity index (χ2n) is 10.8. The number of hydrogen-bond acceptors (Lipinski definition) is 7. The number of fused-ring (bicyclic) bond motifs is 1. The molecule has 0 spiro atoms. The van der Waals surface area contributed by atoms with Gasteiger partial charge in [0.2, 0.25) is 15.9 Å². The summed E-state index contributed by atoms with van der Waals surface area (Å²) in [6.07, 6.45) is 13.3. The van der Waals surface area contributed by atoms with Crippen molar-refractivity contribution in [2.45, 2.75) is 127 Å². The Balaban J connectivity index is 1.99. The SMILES string of the molecule is CCCCCCCCCCCCC[C@@H](CC(N)=O)OC(=O)[C@H](CCCC(=O)O)NS(=O)(=O)c1cccc2cccnc12. The number of unbranched alkanes of at least 4 members (excludes halogenated alkanes) is 10. The van der Waals surface area contributed by atoms with Crippen LogP contribution >= 0.6 is 0 Å². The predicted molar refractivity (Wildman–Crippen MR) is 162 cm³/mol. The molecule has 4 N–H and O–H groups in total. The summed E-state index contributed by atoms with van der Waals surface area (Å²) in [5, 5.41) is 9.67. The number of para-hydroxylation sites is 1. The van der Waals surface area contributed by atoms with Crippen LogP contribution in [0, 0.1) is 0 Å². The average Bonchev–Trinajstić information content (AvgIpc) is 2.94. The van der Waals surface area contributed by atoms with E-state index in [4.69, 9.17) is 15.6 Å². The number of nitrogens with one attached hydrogen (secondary N) is 1. The number of ether oxygens (including phenoxy) is 1. The van der Waals surface area contributed by atoms with E-state index in [1.165, 1.54) is 57.2 Å². The third-order valence-electron chi connectivity index (χ3n) is 7.19. The van der Waals surface area contributed by atoms with E-state index in [2.05, 4.69) is 16.6 Å². The summed E-state index contributed by atoms with van der Waals surface area (Å²) in [6.45, 7) is 2.21. The van der Waals surface area contributed by atoms with Gasteiger partial charge in [0.25, 0.3) is 0 Å². The van der Waals surface area contributed by atoms with Crippen LogP contribution in [0.4, 0.5) is 0 Å². The van der Waals surface area contributed by atoms with Crippen LogP contribution in [0.3, 0.4) is 0 Å². The molecule has 0 aliphatic heterocycles. The molecule has 10 nitrogen and oxygen atoms in total. The molecule has 0 bridgehead atoms. The van der Waals surface area contributed by atoms with Crippen LogP contribution < -0.4 is 10.5 Å². The first-order valence-electron chi connectivity index (χ1n) is 15.2. The Labute approximate surface area is 249 Å². The Morgan fingerprint density at radius 3 is 2.14 bits per heavy atom. The predicted octanol–water partition coefficient (Wildman–Crippen LogP) is 5.62. The Morgan fingerprint density at radius 1 is 0.905 bits per heavy atom. The molecule has 0 aliphatic carbocycles. The van der Waals surface area contributed by atoms with Crippen molar-refractivity contribution in [3.63, 3.8) is 0 Å². The number of nitrogens with two attached hydrogens (primary N) is 1. The molecule has 11 heteroatoms. The van der Waals surface area contributed by atoms with Gasteiger partial charge < -0.3 is 15.6 Å². The normalized spacial score (nSPS) is 13.1. The molecule has 2 atom stereocenters. The zero-order valence-electron chi connectivity index (χ0n) is 24.8. The van der Waals surface area contributed by atoms with Crippen molar-refractivity contribution < 1.29 is 32.6 Å². The number of pyridine rings is 1. The van der Waals surface area contributed by atoms with Crippen molar-refractivity contribution in [2.75, 3.05) is 0 Å². The van der Waals surface area contributed by atoms with Gasteiger partial charge in [-0.1, -0.05) is 89.3 Å². The molecule has 1 amide bonds. The molecule has 1 aromatic heterocycles. The maximum absolute atomic E-state index is 13.4. The first-order chi connectivity index (χ1) is 20.1. The number of aromatic nitrogens is 1. The molecule has 0 fully saturated rings. The number of sulfonamides is 1. The third kappa shape index (κ3) is 13.3. The minimum Gasteiger partial charge on any atom is -0.481 e. The van der Waals surface area contributed by atoms with Crippen LogP contribution in [0.25, 0.3) is 10.9 Å². The second-order valence-corrected chi connectivity index (χ2v) is 12.5. The maximum atomic E-state index is 13.4. The molecule has 234 valence electrons. The molecule has 42 heavy (non-hydrogen) atoms. The summed E-state index contributed by atoms with van der Waals surface area (Å²) in [7, 11) is -4.23. The number of rotatable bonds is 23. The van der Waals surface area contributed by atoms with Crippen LogP contribution in [0.15, 0.2) is 41.4 Å². The fourth-order valence-corrected chi connectivity index (χ4v) is 6.33. The quantitative estimate of drug-likeness (QED) is 0.108. The number of esters is 1. The lowest BCUT2D eigenvalue weighted by molar-refractivity contribution is -0.153. The lowest BCUT2D eigenvalue weighted by Crippen LogP contribution is -2.43. The molecule has 0 radical (unpaired) electrons.